The largest absolute Gasteiger partial charge is 0.478 e. The molecule has 0 aliphatic carbocycles. The maximum Gasteiger partial charge on any atom is 0.338 e. The highest BCUT2D eigenvalue weighted by Gasteiger charge is 2.18. The fourth-order valence-electron chi connectivity index (χ4n) is 1.97. The van der Waals surface area contributed by atoms with Crippen molar-refractivity contribution in [2.45, 2.75) is 32.2 Å². The number of aromatic carboxylic acids is 1. The van der Waals surface area contributed by atoms with Gasteiger partial charge in [-0.25, -0.2) is 4.79 Å². The first-order chi connectivity index (χ1) is 8.16. The van der Waals surface area contributed by atoms with Gasteiger partial charge in [0.1, 0.15) is 12.0 Å². The van der Waals surface area contributed by atoms with Gasteiger partial charge in [0.25, 0.3) is 0 Å². The van der Waals surface area contributed by atoms with Gasteiger partial charge < -0.3 is 14.4 Å². The van der Waals surface area contributed by atoms with Gasteiger partial charge in [-0.05, 0) is 18.9 Å². The number of carbonyl (C=O) groups is 2. The van der Waals surface area contributed by atoms with Crippen LogP contribution in [0.15, 0.2) is 16.7 Å². The van der Waals surface area contributed by atoms with Crippen molar-refractivity contribution in [2.24, 2.45) is 0 Å². The van der Waals surface area contributed by atoms with Crippen molar-refractivity contribution < 1.29 is 19.1 Å². The van der Waals surface area contributed by atoms with Crippen LogP contribution in [0.2, 0.25) is 0 Å². The number of nitrogens with zero attached hydrogens (tertiary/aromatic N) is 1. The van der Waals surface area contributed by atoms with Crippen LogP contribution < -0.4 is 0 Å². The molecule has 1 aliphatic rings. The third kappa shape index (κ3) is 2.87. The van der Waals surface area contributed by atoms with Crippen LogP contribution in [0.4, 0.5) is 0 Å². The zero-order chi connectivity index (χ0) is 12.3. The zero-order valence-electron chi connectivity index (χ0n) is 9.52. The molecule has 0 radical (unpaired) electrons. The lowest BCUT2D eigenvalue weighted by Crippen LogP contribution is -2.29. The van der Waals surface area contributed by atoms with Crippen molar-refractivity contribution in [1.82, 2.24) is 4.90 Å². The summed E-state index contributed by atoms with van der Waals surface area (Å²) in [5.41, 5.74) is 0.127. The molecule has 0 saturated carbocycles. The number of hydrogen-bond acceptors (Lipinski definition) is 3. The number of rotatable bonds is 3. The van der Waals surface area contributed by atoms with E-state index < -0.39 is 5.97 Å². The van der Waals surface area contributed by atoms with Gasteiger partial charge in [-0.3, -0.25) is 4.79 Å². The molecular weight excluding hydrogens is 222 g/mol. The van der Waals surface area contributed by atoms with Crippen molar-refractivity contribution >= 4 is 11.9 Å². The highest BCUT2D eigenvalue weighted by Crippen LogP contribution is 2.16. The molecule has 1 fully saturated rings. The van der Waals surface area contributed by atoms with Crippen LogP contribution in [0.1, 0.15) is 41.8 Å². The molecule has 1 N–H and O–H groups in total. The molecule has 5 nitrogen and oxygen atoms in total. The number of likely N-dealkylation sites (tertiary alicyclic amines) is 1. The Kier molecular flexibility index (Phi) is 3.46. The standard InChI is InChI=1S/C12H15NO4/c14-11-4-2-1-3-5-13(11)7-10-6-9(8-17-10)12(15)16/h6,8H,1-5,7H2,(H,15,16). The average Bonchev–Trinajstić information content (AvgIpc) is 2.66. The molecule has 0 atom stereocenters. The highest BCUT2D eigenvalue weighted by molar-refractivity contribution is 5.87. The molecule has 1 aromatic heterocycles. The monoisotopic (exact) mass is 237 g/mol. The zero-order valence-corrected chi connectivity index (χ0v) is 9.52. The van der Waals surface area contributed by atoms with E-state index in [0.717, 1.165) is 25.8 Å². The number of carbonyl (C=O) groups excluding carboxylic acids is 1. The number of furan rings is 1. The molecule has 92 valence electrons. The topological polar surface area (TPSA) is 70.8 Å². The second-order valence-corrected chi connectivity index (χ2v) is 4.23. The number of amides is 1. The van der Waals surface area contributed by atoms with Crippen LogP contribution in [-0.4, -0.2) is 28.4 Å². The van der Waals surface area contributed by atoms with Crippen molar-refractivity contribution in [1.29, 1.82) is 0 Å². The number of carboxylic acids is 1. The molecule has 0 aromatic carbocycles. The first-order valence-corrected chi connectivity index (χ1v) is 5.75. The van der Waals surface area contributed by atoms with Gasteiger partial charge >= 0.3 is 5.97 Å². The van der Waals surface area contributed by atoms with Crippen molar-refractivity contribution in [3.05, 3.63) is 23.7 Å². The van der Waals surface area contributed by atoms with Gasteiger partial charge in [-0.1, -0.05) is 6.42 Å². The molecule has 0 bridgehead atoms. The fraction of sp³-hybridized carbons (Fsp3) is 0.500. The van der Waals surface area contributed by atoms with Gasteiger partial charge in [0, 0.05) is 13.0 Å². The van der Waals surface area contributed by atoms with E-state index in [2.05, 4.69) is 0 Å². The minimum atomic E-state index is -1.01. The summed E-state index contributed by atoms with van der Waals surface area (Å²) in [6.45, 7) is 1.09. The third-order valence-corrected chi connectivity index (χ3v) is 2.92. The van der Waals surface area contributed by atoms with Gasteiger partial charge in [-0.15, -0.1) is 0 Å². The van der Waals surface area contributed by atoms with Gasteiger partial charge in [0.05, 0.1) is 12.1 Å². The molecule has 17 heavy (non-hydrogen) atoms. The van der Waals surface area contributed by atoms with Gasteiger partial charge in [0.2, 0.25) is 5.91 Å². The summed E-state index contributed by atoms with van der Waals surface area (Å²) < 4.78 is 5.14. The number of carboxylic acid groups (broad SMARTS) is 1. The molecule has 1 aromatic rings. The van der Waals surface area contributed by atoms with Crippen LogP contribution in [0, 0.1) is 0 Å². The predicted molar refractivity (Wildman–Crippen MR) is 59.6 cm³/mol. The molecule has 1 amide bonds. The van der Waals surface area contributed by atoms with Gasteiger partial charge in [-0.2, -0.15) is 0 Å². The summed E-state index contributed by atoms with van der Waals surface area (Å²) in [5.74, 6) is -0.365. The highest BCUT2D eigenvalue weighted by atomic mass is 16.4. The maximum atomic E-state index is 11.7. The Bertz CT molecular complexity index is 424. The van der Waals surface area contributed by atoms with Crippen LogP contribution in [0.3, 0.4) is 0 Å². The quantitative estimate of drug-likeness (QED) is 0.871. The van der Waals surface area contributed by atoms with Crippen LogP contribution in [-0.2, 0) is 11.3 Å². The molecule has 1 aliphatic heterocycles. The van der Waals surface area contributed by atoms with Gasteiger partial charge in [0.15, 0.2) is 0 Å². The molecule has 5 heteroatoms. The van der Waals surface area contributed by atoms with E-state index in [-0.39, 0.29) is 11.5 Å². The van der Waals surface area contributed by atoms with E-state index in [4.69, 9.17) is 9.52 Å². The second-order valence-electron chi connectivity index (χ2n) is 4.23. The summed E-state index contributed by atoms with van der Waals surface area (Å²) in [6.07, 6.45) is 4.79. The minimum absolute atomic E-state index is 0.121. The van der Waals surface area contributed by atoms with Crippen molar-refractivity contribution in [2.75, 3.05) is 6.54 Å². The SMILES string of the molecule is O=C(O)c1coc(CN2CCCCCC2=O)c1. The Hall–Kier alpha value is -1.78. The second kappa shape index (κ2) is 5.03. The normalized spacial score (nSPS) is 16.9. The average molecular weight is 237 g/mol. The maximum absolute atomic E-state index is 11.7. The summed E-state index contributed by atoms with van der Waals surface area (Å²) in [4.78, 5) is 24.1. The summed E-state index contributed by atoms with van der Waals surface area (Å²) in [6, 6.07) is 1.47. The number of hydrogen-bond donors (Lipinski definition) is 1. The Balaban J connectivity index is 2.03. The summed E-state index contributed by atoms with van der Waals surface area (Å²) >= 11 is 0. The molecule has 0 spiro atoms. The minimum Gasteiger partial charge on any atom is -0.478 e. The Morgan fingerprint density at radius 2 is 2.24 bits per heavy atom. The first-order valence-electron chi connectivity index (χ1n) is 5.75. The Morgan fingerprint density at radius 3 is 2.94 bits per heavy atom. The summed E-state index contributed by atoms with van der Waals surface area (Å²) in [7, 11) is 0. The van der Waals surface area contributed by atoms with E-state index >= 15 is 0 Å². The smallest absolute Gasteiger partial charge is 0.338 e. The van der Waals surface area contributed by atoms with E-state index in [1.165, 1.54) is 12.3 Å². The molecule has 1 saturated heterocycles. The summed E-state index contributed by atoms with van der Waals surface area (Å²) in [5, 5.41) is 8.76. The van der Waals surface area contributed by atoms with E-state index in [0.29, 0.717) is 18.7 Å². The fourth-order valence-corrected chi connectivity index (χ4v) is 1.97. The lowest BCUT2D eigenvalue weighted by molar-refractivity contribution is -0.131. The van der Waals surface area contributed by atoms with E-state index in [1.807, 2.05) is 0 Å². The molecule has 2 heterocycles. The third-order valence-electron chi connectivity index (χ3n) is 2.92. The lowest BCUT2D eigenvalue weighted by Gasteiger charge is -2.18. The lowest BCUT2D eigenvalue weighted by atomic mass is 10.2. The van der Waals surface area contributed by atoms with Crippen LogP contribution in [0.25, 0.3) is 0 Å². The van der Waals surface area contributed by atoms with Crippen LogP contribution >= 0.6 is 0 Å². The van der Waals surface area contributed by atoms with Crippen molar-refractivity contribution in [3.8, 4) is 0 Å². The molecular formula is C12H15NO4. The molecule has 2 rings (SSSR count). The Morgan fingerprint density at radius 1 is 1.41 bits per heavy atom. The van der Waals surface area contributed by atoms with E-state index in [9.17, 15) is 9.59 Å². The predicted octanol–water partition coefficient (Wildman–Crippen LogP) is 1.88. The van der Waals surface area contributed by atoms with Crippen LogP contribution in [0.5, 0.6) is 0 Å². The first kappa shape index (κ1) is 11.7. The Labute approximate surface area is 99.0 Å². The van der Waals surface area contributed by atoms with E-state index in [1.54, 1.807) is 4.90 Å². The molecule has 0 unspecified atom stereocenters. The van der Waals surface area contributed by atoms with Crippen molar-refractivity contribution in [3.63, 3.8) is 0 Å².